The molecule has 1 aliphatic rings. The van der Waals surface area contributed by atoms with E-state index in [9.17, 15) is 15.2 Å². The summed E-state index contributed by atoms with van der Waals surface area (Å²) in [4.78, 5) is 16.2. The summed E-state index contributed by atoms with van der Waals surface area (Å²) >= 11 is 0. The van der Waals surface area contributed by atoms with Gasteiger partial charge in [0.2, 0.25) is 11.6 Å². The maximum Gasteiger partial charge on any atom is 0.406 e. The van der Waals surface area contributed by atoms with Crippen LogP contribution in [0.15, 0.2) is 0 Å². The van der Waals surface area contributed by atoms with Crippen molar-refractivity contribution >= 4 is 11.6 Å². The standard InChI is InChI=1S/C11H18N4O3/c1-4-5-11(16)6-14(7-11)10-9(15(17)18)12-8(2)13(10)3/h16H,4-7H2,1-3H3. The molecule has 100 valence electrons. The van der Waals surface area contributed by atoms with Gasteiger partial charge in [0.25, 0.3) is 0 Å². The molecule has 1 fully saturated rings. The molecule has 0 saturated carbocycles. The predicted octanol–water partition coefficient (Wildman–Crippen LogP) is 0.988. The second-order valence-corrected chi connectivity index (χ2v) is 4.95. The van der Waals surface area contributed by atoms with Crippen LogP contribution >= 0.6 is 0 Å². The van der Waals surface area contributed by atoms with Crippen molar-refractivity contribution in [3.8, 4) is 0 Å². The Morgan fingerprint density at radius 2 is 2.17 bits per heavy atom. The zero-order valence-electron chi connectivity index (χ0n) is 10.9. The molecule has 0 amide bonds. The highest BCUT2D eigenvalue weighted by Gasteiger charge is 2.44. The highest BCUT2D eigenvalue weighted by molar-refractivity contribution is 5.58. The summed E-state index contributed by atoms with van der Waals surface area (Å²) in [5.41, 5.74) is -0.708. The normalized spacial score (nSPS) is 17.7. The predicted molar refractivity (Wildman–Crippen MR) is 66.7 cm³/mol. The minimum absolute atomic E-state index is 0.131. The Balaban J connectivity index is 2.23. The number of hydrogen-bond donors (Lipinski definition) is 1. The maximum absolute atomic E-state index is 11.0. The lowest BCUT2D eigenvalue weighted by Crippen LogP contribution is -2.62. The van der Waals surface area contributed by atoms with Crippen molar-refractivity contribution < 1.29 is 10.0 Å². The first kappa shape index (κ1) is 12.8. The van der Waals surface area contributed by atoms with Crippen LogP contribution in [-0.4, -0.2) is 38.3 Å². The molecule has 1 aromatic heterocycles. The third-order valence-corrected chi connectivity index (χ3v) is 3.43. The Morgan fingerprint density at radius 3 is 2.67 bits per heavy atom. The molecule has 2 heterocycles. The number of aromatic nitrogens is 2. The topological polar surface area (TPSA) is 84.4 Å². The van der Waals surface area contributed by atoms with Crippen LogP contribution in [0.5, 0.6) is 0 Å². The van der Waals surface area contributed by atoms with E-state index >= 15 is 0 Å². The maximum atomic E-state index is 11.0. The van der Waals surface area contributed by atoms with Crippen LogP contribution in [0.4, 0.5) is 11.6 Å². The first-order valence-corrected chi connectivity index (χ1v) is 6.03. The summed E-state index contributed by atoms with van der Waals surface area (Å²) in [6.45, 7) is 4.60. The molecular formula is C11H18N4O3. The molecule has 0 unspecified atom stereocenters. The van der Waals surface area contributed by atoms with E-state index in [0.717, 1.165) is 6.42 Å². The minimum Gasteiger partial charge on any atom is -0.386 e. The van der Waals surface area contributed by atoms with Crippen molar-refractivity contribution in [2.24, 2.45) is 7.05 Å². The van der Waals surface area contributed by atoms with Gasteiger partial charge in [-0.15, -0.1) is 0 Å². The monoisotopic (exact) mass is 254 g/mol. The van der Waals surface area contributed by atoms with E-state index in [1.165, 1.54) is 0 Å². The van der Waals surface area contributed by atoms with Gasteiger partial charge in [-0.3, -0.25) is 4.57 Å². The van der Waals surface area contributed by atoms with E-state index in [2.05, 4.69) is 4.98 Å². The second kappa shape index (κ2) is 4.24. The Morgan fingerprint density at radius 1 is 1.56 bits per heavy atom. The lowest BCUT2D eigenvalue weighted by atomic mass is 9.89. The Bertz CT molecular complexity index is 477. The molecule has 18 heavy (non-hydrogen) atoms. The summed E-state index contributed by atoms with van der Waals surface area (Å²) < 4.78 is 1.70. The lowest BCUT2D eigenvalue weighted by Gasteiger charge is -2.47. The fraction of sp³-hybridized carbons (Fsp3) is 0.727. The zero-order valence-corrected chi connectivity index (χ0v) is 10.9. The van der Waals surface area contributed by atoms with E-state index in [0.29, 0.717) is 31.2 Å². The summed E-state index contributed by atoms with van der Waals surface area (Å²) in [6, 6.07) is 0. The minimum atomic E-state index is -0.708. The number of aliphatic hydroxyl groups is 1. The van der Waals surface area contributed by atoms with Crippen molar-refractivity contribution in [2.75, 3.05) is 18.0 Å². The SMILES string of the molecule is CCCC1(O)CN(c2c([N+](=O)[O-])nc(C)n2C)C1. The molecule has 0 bridgehead atoms. The van der Waals surface area contributed by atoms with Gasteiger partial charge < -0.3 is 20.1 Å². The van der Waals surface area contributed by atoms with Crippen molar-refractivity contribution in [1.29, 1.82) is 0 Å². The Kier molecular flexibility index (Phi) is 3.02. The molecule has 1 N–H and O–H groups in total. The average molecular weight is 254 g/mol. The van der Waals surface area contributed by atoms with Gasteiger partial charge in [0.05, 0.1) is 18.7 Å². The van der Waals surface area contributed by atoms with Gasteiger partial charge in [-0.2, -0.15) is 0 Å². The Hall–Kier alpha value is -1.63. The molecule has 7 heteroatoms. The molecule has 1 saturated heterocycles. The third-order valence-electron chi connectivity index (χ3n) is 3.43. The van der Waals surface area contributed by atoms with Gasteiger partial charge in [-0.25, -0.2) is 0 Å². The number of rotatable bonds is 4. The lowest BCUT2D eigenvalue weighted by molar-refractivity contribution is -0.388. The molecule has 0 radical (unpaired) electrons. The number of aryl methyl sites for hydroxylation is 1. The molecule has 0 spiro atoms. The van der Waals surface area contributed by atoms with Gasteiger partial charge >= 0.3 is 5.82 Å². The fourth-order valence-corrected chi connectivity index (χ4v) is 2.50. The van der Waals surface area contributed by atoms with E-state index in [4.69, 9.17) is 0 Å². The van der Waals surface area contributed by atoms with Crippen LogP contribution in [0.3, 0.4) is 0 Å². The highest BCUT2D eigenvalue weighted by Crippen LogP contribution is 2.36. The number of nitro groups is 1. The molecule has 1 aliphatic heterocycles. The van der Waals surface area contributed by atoms with Crippen LogP contribution in [-0.2, 0) is 7.05 Å². The van der Waals surface area contributed by atoms with Crippen LogP contribution in [0.2, 0.25) is 0 Å². The third kappa shape index (κ3) is 1.94. The zero-order chi connectivity index (χ0) is 13.5. The first-order valence-electron chi connectivity index (χ1n) is 6.03. The van der Waals surface area contributed by atoms with Crippen molar-refractivity contribution in [3.63, 3.8) is 0 Å². The van der Waals surface area contributed by atoms with Crippen LogP contribution in [0.25, 0.3) is 0 Å². The molecule has 0 aliphatic carbocycles. The van der Waals surface area contributed by atoms with E-state index in [1.54, 1.807) is 18.5 Å². The van der Waals surface area contributed by atoms with Crippen molar-refractivity contribution in [3.05, 3.63) is 15.9 Å². The van der Waals surface area contributed by atoms with Crippen molar-refractivity contribution in [1.82, 2.24) is 9.55 Å². The summed E-state index contributed by atoms with van der Waals surface area (Å²) in [7, 11) is 1.75. The molecule has 7 nitrogen and oxygen atoms in total. The average Bonchev–Trinajstić information content (AvgIpc) is 2.53. The smallest absolute Gasteiger partial charge is 0.386 e. The first-order chi connectivity index (χ1) is 8.38. The summed E-state index contributed by atoms with van der Waals surface area (Å²) in [5.74, 6) is 0.953. The second-order valence-electron chi connectivity index (χ2n) is 4.95. The van der Waals surface area contributed by atoms with Crippen LogP contribution in [0, 0.1) is 17.0 Å². The summed E-state index contributed by atoms with van der Waals surface area (Å²) in [6.07, 6.45) is 1.62. The number of hydrogen-bond acceptors (Lipinski definition) is 5. The van der Waals surface area contributed by atoms with E-state index in [-0.39, 0.29) is 5.82 Å². The van der Waals surface area contributed by atoms with E-state index in [1.807, 2.05) is 11.8 Å². The number of β-amino-alcohol motifs (C(OH)–C–C–N with tert-alkyl or cyclic N) is 1. The van der Waals surface area contributed by atoms with Crippen LogP contribution in [0.1, 0.15) is 25.6 Å². The fourth-order valence-electron chi connectivity index (χ4n) is 2.50. The highest BCUT2D eigenvalue weighted by atomic mass is 16.6. The van der Waals surface area contributed by atoms with Crippen molar-refractivity contribution in [2.45, 2.75) is 32.3 Å². The van der Waals surface area contributed by atoms with Gasteiger partial charge in [0.15, 0.2) is 0 Å². The molecule has 1 aromatic rings. The van der Waals surface area contributed by atoms with E-state index < -0.39 is 10.5 Å². The quantitative estimate of drug-likeness (QED) is 0.639. The Labute approximate surface area is 105 Å². The van der Waals surface area contributed by atoms with Gasteiger partial charge in [0.1, 0.15) is 0 Å². The summed E-state index contributed by atoms with van der Waals surface area (Å²) in [5, 5.41) is 21.1. The molecule has 2 rings (SSSR count). The van der Waals surface area contributed by atoms with Gasteiger partial charge in [-0.05, 0) is 16.3 Å². The van der Waals surface area contributed by atoms with Crippen LogP contribution < -0.4 is 4.90 Å². The van der Waals surface area contributed by atoms with Gasteiger partial charge in [-0.1, -0.05) is 13.3 Å². The largest absolute Gasteiger partial charge is 0.406 e. The molecule has 0 aromatic carbocycles. The number of nitrogens with zero attached hydrogens (tertiary/aromatic N) is 4. The number of anilines is 1. The number of imidazole rings is 1. The van der Waals surface area contributed by atoms with Gasteiger partial charge in [0, 0.05) is 14.0 Å². The molecular weight excluding hydrogens is 236 g/mol. The molecule has 0 atom stereocenters.